The van der Waals surface area contributed by atoms with Gasteiger partial charge in [0.15, 0.2) is 0 Å². The molecule has 6 rings (SSSR count). The molecule has 4 aromatic rings. The largest absolute Gasteiger partial charge is 0.488 e. The van der Waals surface area contributed by atoms with Crippen LogP contribution in [0.3, 0.4) is 0 Å². The second-order valence-electron chi connectivity index (χ2n) is 15.3. The number of aromatic amines is 2. The third kappa shape index (κ3) is 8.97. The molecule has 52 heavy (non-hydrogen) atoms. The zero-order chi connectivity index (χ0) is 37.8. The van der Waals surface area contributed by atoms with Crippen LogP contribution >= 0.6 is 0 Å². The highest BCUT2D eigenvalue weighted by Gasteiger charge is 2.30. The highest BCUT2D eigenvalue weighted by atomic mass is 16.6. The van der Waals surface area contributed by atoms with E-state index in [0.717, 1.165) is 59.5 Å². The third-order valence-corrected chi connectivity index (χ3v) is 8.63. The van der Waals surface area contributed by atoms with Crippen LogP contribution in [-0.2, 0) is 42.0 Å². The number of imidazole rings is 2. The van der Waals surface area contributed by atoms with Gasteiger partial charge in [-0.25, -0.2) is 19.6 Å². The smallest absolute Gasteiger partial charge is 0.410 e. The van der Waals surface area contributed by atoms with E-state index in [1.165, 1.54) is 22.3 Å². The number of hydrogen-bond acceptors (Lipinski definition) is 7. The van der Waals surface area contributed by atoms with Crippen molar-refractivity contribution in [3.8, 4) is 39.4 Å². The van der Waals surface area contributed by atoms with E-state index in [2.05, 4.69) is 44.2 Å². The molecule has 11 heteroatoms. The molecule has 280 valence electrons. The Hall–Kier alpha value is -4.80. The number of amides is 2. The molecule has 0 unspecified atom stereocenters. The fourth-order valence-electron chi connectivity index (χ4n) is 6.61. The molecular weight excluding hydrogens is 656 g/mol. The van der Waals surface area contributed by atoms with Crippen molar-refractivity contribution in [2.75, 3.05) is 13.1 Å². The summed E-state index contributed by atoms with van der Waals surface area (Å²) in [5.41, 5.74) is 8.85. The molecule has 11 nitrogen and oxygen atoms in total. The third-order valence-electron chi connectivity index (χ3n) is 8.63. The molecule has 2 amide bonds. The average Bonchev–Trinajstić information content (AvgIpc) is 3.76. The van der Waals surface area contributed by atoms with Gasteiger partial charge >= 0.3 is 12.2 Å². The van der Waals surface area contributed by atoms with Gasteiger partial charge in [0.2, 0.25) is 0 Å². The summed E-state index contributed by atoms with van der Waals surface area (Å²) in [6.45, 7) is 21.7. The van der Waals surface area contributed by atoms with Gasteiger partial charge in [-0.3, -0.25) is 0 Å². The van der Waals surface area contributed by atoms with E-state index < -0.39 is 11.2 Å². The van der Waals surface area contributed by atoms with Crippen molar-refractivity contribution in [3.63, 3.8) is 0 Å². The van der Waals surface area contributed by atoms with E-state index in [4.69, 9.17) is 14.2 Å². The van der Waals surface area contributed by atoms with E-state index in [1.807, 2.05) is 81.6 Å². The number of aryl methyl sites for hydroxylation is 2. The molecule has 1 aliphatic carbocycles. The van der Waals surface area contributed by atoms with E-state index in [0.29, 0.717) is 44.4 Å². The molecule has 2 aromatic heterocycles. The Bertz CT molecular complexity index is 1690. The zero-order valence-corrected chi connectivity index (χ0v) is 32.7. The number of rotatable bonds is 10. The lowest BCUT2D eigenvalue weighted by Crippen LogP contribution is -2.37. The van der Waals surface area contributed by atoms with Crippen LogP contribution in [0, 0.1) is 0 Å². The van der Waals surface area contributed by atoms with Crippen molar-refractivity contribution in [1.29, 1.82) is 0 Å². The SMILES string of the molecule is CC.CCCN(Cc1ncc(-c2cc3c4c(c2)COc2cc(-c5cnc(CN(CCC)C(=O)OC(C)(C)C)[nH]5)cc(c2-4)CC3)[nH]1)C(=O)OC(C)(C)C. The molecule has 2 aliphatic rings. The van der Waals surface area contributed by atoms with Gasteiger partial charge in [-0.15, -0.1) is 0 Å². The van der Waals surface area contributed by atoms with Crippen LogP contribution in [0.15, 0.2) is 36.7 Å². The first kappa shape index (κ1) is 38.4. The van der Waals surface area contributed by atoms with Crippen molar-refractivity contribution in [2.24, 2.45) is 0 Å². The Balaban J connectivity index is 0.00000257. The van der Waals surface area contributed by atoms with Gasteiger partial charge in [-0.2, -0.15) is 0 Å². The molecule has 1 aliphatic heterocycles. The second-order valence-corrected chi connectivity index (χ2v) is 15.3. The molecule has 0 saturated carbocycles. The lowest BCUT2D eigenvalue weighted by Gasteiger charge is -2.30. The monoisotopic (exact) mass is 712 g/mol. The quantitative estimate of drug-likeness (QED) is 0.168. The van der Waals surface area contributed by atoms with E-state index in [-0.39, 0.29) is 12.2 Å². The van der Waals surface area contributed by atoms with Crippen LogP contribution in [0.4, 0.5) is 9.59 Å². The second kappa shape index (κ2) is 15.8. The summed E-state index contributed by atoms with van der Waals surface area (Å²) in [6, 6.07) is 8.77. The Morgan fingerprint density at radius 1 is 0.712 bits per heavy atom. The van der Waals surface area contributed by atoms with Crippen LogP contribution < -0.4 is 4.74 Å². The first-order valence-electron chi connectivity index (χ1n) is 18.7. The summed E-state index contributed by atoms with van der Waals surface area (Å²) in [6.07, 6.45) is 6.42. The number of carbonyl (C=O) groups is 2. The van der Waals surface area contributed by atoms with Crippen molar-refractivity contribution < 1.29 is 23.8 Å². The predicted octanol–water partition coefficient (Wildman–Crippen LogP) is 9.45. The Kier molecular flexibility index (Phi) is 11.7. The number of hydrogen-bond donors (Lipinski definition) is 2. The van der Waals surface area contributed by atoms with Gasteiger partial charge in [0, 0.05) is 29.8 Å². The maximum Gasteiger partial charge on any atom is 0.410 e. The molecule has 0 bridgehead atoms. The van der Waals surface area contributed by atoms with Gasteiger partial charge in [0.1, 0.15) is 35.2 Å². The standard InChI is InChI=1S/C39H50N6O5.C2H6/c1-9-13-44(36(46)49-38(3,4)5)21-32-40-19-29(42-32)26-15-24-11-12-25-16-27(18-31-35(25)34(24)28(17-26)23-48-31)30-20-41-33(43-30)22-45(14-10-2)37(47)50-39(6,7)8;1-2/h15-20H,9-14,21-23H2,1-8H3,(H,40,42)(H,41,43);1-2H3. The molecule has 3 heterocycles. The van der Waals surface area contributed by atoms with Crippen LogP contribution in [0.25, 0.3) is 33.6 Å². The Labute approximate surface area is 308 Å². The Morgan fingerprint density at radius 2 is 1.15 bits per heavy atom. The topological polar surface area (TPSA) is 126 Å². The first-order chi connectivity index (χ1) is 24.7. The van der Waals surface area contributed by atoms with Crippen LogP contribution in [-0.4, -0.2) is 66.2 Å². The average molecular weight is 713 g/mol. The maximum atomic E-state index is 12.8. The number of nitrogens with zero attached hydrogens (tertiary/aromatic N) is 4. The number of ether oxygens (including phenoxy) is 3. The molecule has 2 N–H and O–H groups in total. The van der Waals surface area contributed by atoms with Gasteiger partial charge in [0.05, 0.1) is 36.9 Å². The number of nitrogens with one attached hydrogen (secondary N) is 2. The zero-order valence-electron chi connectivity index (χ0n) is 32.7. The maximum absolute atomic E-state index is 12.8. The fourth-order valence-corrected chi connectivity index (χ4v) is 6.61. The van der Waals surface area contributed by atoms with Crippen LogP contribution in [0.5, 0.6) is 5.75 Å². The highest BCUT2D eigenvalue weighted by Crippen LogP contribution is 2.48. The van der Waals surface area contributed by atoms with Gasteiger partial charge in [-0.05, 0) is 114 Å². The lowest BCUT2D eigenvalue weighted by molar-refractivity contribution is 0.0219. The summed E-state index contributed by atoms with van der Waals surface area (Å²) < 4.78 is 17.7. The van der Waals surface area contributed by atoms with E-state index in [1.54, 1.807) is 9.80 Å². The summed E-state index contributed by atoms with van der Waals surface area (Å²) >= 11 is 0. The number of H-pyrrole nitrogens is 2. The van der Waals surface area contributed by atoms with Crippen LogP contribution in [0.1, 0.15) is 110 Å². The molecule has 0 saturated heterocycles. The first-order valence-corrected chi connectivity index (χ1v) is 18.7. The minimum absolute atomic E-state index is 0.338. The predicted molar refractivity (Wildman–Crippen MR) is 204 cm³/mol. The minimum Gasteiger partial charge on any atom is -0.488 e. The van der Waals surface area contributed by atoms with Gasteiger partial charge in [-0.1, -0.05) is 27.7 Å². The number of aromatic nitrogens is 4. The fraction of sp³-hybridized carbons (Fsp3) is 0.512. The van der Waals surface area contributed by atoms with E-state index in [9.17, 15) is 9.59 Å². The van der Waals surface area contributed by atoms with Crippen molar-refractivity contribution >= 4 is 12.2 Å². The minimum atomic E-state index is -0.564. The summed E-state index contributed by atoms with van der Waals surface area (Å²) in [4.78, 5) is 45.2. The number of benzene rings is 2. The summed E-state index contributed by atoms with van der Waals surface area (Å²) in [7, 11) is 0. The molecule has 0 atom stereocenters. The van der Waals surface area contributed by atoms with Crippen molar-refractivity contribution in [3.05, 3.63) is 65.0 Å². The number of carbonyl (C=O) groups excluding carboxylic acids is 2. The molecule has 2 aromatic carbocycles. The van der Waals surface area contributed by atoms with E-state index >= 15 is 0 Å². The molecular formula is C41H56N6O5. The lowest BCUT2D eigenvalue weighted by atomic mass is 9.79. The summed E-state index contributed by atoms with van der Waals surface area (Å²) in [5, 5.41) is 0. The summed E-state index contributed by atoms with van der Waals surface area (Å²) in [5.74, 6) is 2.29. The van der Waals surface area contributed by atoms with Crippen molar-refractivity contribution in [2.45, 2.75) is 126 Å². The highest BCUT2D eigenvalue weighted by molar-refractivity contribution is 5.87. The van der Waals surface area contributed by atoms with Crippen LogP contribution in [0.2, 0.25) is 0 Å². The van der Waals surface area contributed by atoms with Gasteiger partial charge < -0.3 is 34.0 Å². The normalized spacial score (nSPS) is 13.0. The molecule has 0 spiro atoms. The molecule has 0 fully saturated rings. The molecule has 0 radical (unpaired) electrons. The van der Waals surface area contributed by atoms with Gasteiger partial charge in [0.25, 0.3) is 0 Å². The Morgan fingerprint density at radius 3 is 1.62 bits per heavy atom. The van der Waals surface area contributed by atoms with Crippen molar-refractivity contribution in [1.82, 2.24) is 29.7 Å².